The summed E-state index contributed by atoms with van der Waals surface area (Å²) in [6, 6.07) is 0. The average molecular weight is 216 g/mol. The molecule has 1 aliphatic heterocycles. The molecule has 1 heterocycles. The summed E-state index contributed by atoms with van der Waals surface area (Å²) >= 11 is 5.71. The van der Waals surface area contributed by atoms with Crippen LogP contribution < -0.4 is 0 Å². The van der Waals surface area contributed by atoms with E-state index in [9.17, 15) is 0 Å². The van der Waals surface area contributed by atoms with Crippen molar-refractivity contribution in [2.45, 2.75) is 44.9 Å². The second-order valence-corrected chi connectivity index (χ2v) is 5.47. The van der Waals surface area contributed by atoms with Gasteiger partial charge in [0, 0.05) is 5.88 Å². The Balaban J connectivity index is 1.74. The minimum Gasteiger partial charge on any atom is -0.303 e. The normalized spacial score (nSPS) is 27.2. The third kappa shape index (κ3) is 2.43. The van der Waals surface area contributed by atoms with E-state index in [0.717, 1.165) is 17.7 Å². The molecule has 0 radical (unpaired) electrons. The smallest absolute Gasteiger partial charge is 0.0235 e. The first-order valence-electron chi connectivity index (χ1n) is 6.13. The van der Waals surface area contributed by atoms with Crippen molar-refractivity contribution in [3.05, 3.63) is 0 Å². The predicted octanol–water partition coefficient (Wildman–Crippen LogP) is 3.27. The van der Waals surface area contributed by atoms with E-state index >= 15 is 0 Å². The van der Waals surface area contributed by atoms with Crippen LogP contribution in [0.2, 0.25) is 0 Å². The largest absolute Gasteiger partial charge is 0.303 e. The van der Waals surface area contributed by atoms with Gasteiger partial charge in [-0.1, -0.05) is 12.8 Å². The molecule has 2 aliphatic rings. The lowest BCUT2D eigenvalue weighted by Gasteiger charge is -2.39. The first kappa shape index (κ1) is 10.8. The molecule has 0 unspecified atom stereocenters. The fourth-order valence-electron chi connectivity index (χ4n) is 3.16. The third-order valence-electron chi connectivity index (χ3n) is 4.19. The summed E-state index contributed by atoms with van der Waals surface area (Å²) in [4.78, 5) is 2.60. The summed E-state index contributed by atoms with van der Waals surface area (Å²) in [6.45, 7) is 3.88. The van der Waals surface area contributed by atoms with Gasteiger partial charge in [-0.15, -0.1) is 11.6 Å². The zero-order chi connectivity index (χ0) is 9.86. The van der Waals surface area contributed by atoms with E-state index in [1.165, 1.54) is 58.2 Å². The molecule has 0 aromatic carbocycles. The number of piperidine rings is 1. The SMILES string of the molecule is ClCCCN1CCC2(CCCC2)CC1. The van der Waals surface area contributed by atoms with Gasteiger partial charge in [0.25, 0.3) is 0 Å². The van der Waals surface area contributed by atoms with E-state index in [-0.39, 0.29) is 0 Å². The van der Waals surface area contributed by atoms with Gasteiger partial charge in [-0.25, -0.2) is 0 Å². The zero-order valence-electron chi connectivity index (χ0n) is 9.10. The standard InChI is InChI=1S/C12H22ClN/c13-8-3-9-14-10-6-12(7-11-14)4-1-2-5-12/h1-11H2. The molecular formula is C12H22ClN. The van der Waals surface area contributed by atoms with Gasteiger partial charge in [-0.3, -0.25) is 0 Å². The lowest BCUT2D eigenvalue weighted by Crippen LogP contribution is -2.39. The molecular weight excluding hydrogens is 194 g/mol. The van der Waals surface area contributed by atoms with Crippen LogP contribution in [0.4, 0.5) is 0 Å². The summed E-state index contributed by atoms with van der Waals surface area (Å²) in [5, 5.41) is 0. The minimum absolute atomic E-state index is 0.775. The van der Waals surface area contributed by atoms with E-state index in [1.54, 1.807) is 0 Å². The Kier molecular flexibility index (Phi) is 3.73. The molecule has 2 fully saturated rings. The van der Waals surface area contributed by atoms with Crippen LogP contribution in [0.1, 0.15) is 44.9 Å². The van der Waals surface area contributed by atoms with Crippen molar-refractivity contribution >= 4 is 11.6 Å². The van der Waals surface area contributed by atoms with Crippen molar-refractivity contribution in [3.8, 4) is 0 Å². The maximum Gasteiger partial charge on any atom is 0.0235 e. The van der Waals surface area contributed by atoms with Crippen LogP contribution in [0.3, 0.4) is 0 Å². The number of alkyl halides is 1. The van der Waals surface area contributed by atoms with Crippen LogP contribution in [0.15, 0.2) is 0 Å². The second-order valence-electron chi connectivity index (χ2n) is 5.09. The maximum atomic E-state index is 5.71. The summed E-state index contributed by atoms with van der Waals surface area (Å²) in [5.74, 6) is 0.821. The topological polar surface area (TPSA) is 3.24 Å². The van der Waals surface area contributed by atoms with E-state index in [2.05, 4.69) is 4.90 Å². The Hall–Kier alpha value is 0.250. The van der Waals surface area contributed by atoms with Crippen LogP contribution >= 0.6 is 11.6 Å². The van der Waals surface area contributed by atoms with Crippen molar-refractivity contribution in [2.24, 2.45) is 5.41 Å². The van der Waals surface area contributed by atoms with Crippen LogP contribution in [0.5, 0.6) is 0 Å². The Bertz CT molecular complexity index is 165. The quantitative estimate of drug-likeness (QED) is 0.654. The van der Waals surface area contributed by atoms with Gasteiger partial charge in [-0.05, 0) is 57.2 Å². The van der Waals surface area contributed by atoms with Crippen molar-refractivity contribution in [1.29, 1.82) is 0 Å². The molecule has 82 valence electrons. The van der Waals surface area contributed by atoms with Crippen LogP contribution in [0.25, 0.3) is 0 Å². The predicted molar refractivity (Wildman–Crippen MR) is 61.9 cm³/mol. The van der Waals surface area contributed by atoms with Gasteiger partial charge in [0.2, 0.25) is 0 Å². The summed E-state index contributed by atoms with van der Waals surface area (Å²) in [6.07, 6.45) is 10.1. The Labute approximate surface area is 92.8 Å². The fraction of sp³-hybridized carbons (Fsp3) is 1.00. The van der Waals surface area contributed by atoms with Gasteiger partial charge in [0.15, 0.2) is 0 Å². The van der Waals surface area contributed by atoms with Crippen LogP contribution in [0, 0.1) is 5.41 Å². The molecule has 1 nitrogen and oxygen atoms in total. The van der Waals surface area contributed by atoms with E-state index in [1.807, 2.05) is 0 Å². The first-order chi connectivity index (χ1) is 6.85. The molecule has 1 saturated carbocycles. The number of likely N-dealkylation sites (tertiary alicyclic amines) is 1. The zero-order valence-corrected chi connectivity index (χ0v) is 9.86. The highest BCUT2D eigenvalue weighted by atomic mass is 35.5. The number of hydrogen-bond acceptors (Lipinski definition) is 1. The molecule has 14 heavy (non-hydrogen) atoms. The molecule has 0 aromatic rings. The Morgan fingerprint density at radius 2 is 1.64 bits per heavy atom. The molecule has 1 aliphatic carbocycles. The van der Waals surface area contributed by atoms with E-state index in [0.29, 0.717) is 0 Å². The van der Waals surface area contributed by atoms with Crippen molar-refractivity contribution < 1.29 is 0 Å². The van der Waals surface area contributed by atoms with Gasteiger partial charge in [0.05, 0.1) is 0 Å². The molecule has 2 rings (SSSR count). The highest BCUT2D eigenvalue weighted by Gasteiger charge is 2.36. The van der Waals surface area contributed by atoms with Gasteiger partial charge < -0.3 is 4.90 Å². The first-order valence-corrected chi connectivity index (χ1v) is 6.66. The van der Waals surface area contributed by atoms with Crippen LogP contribution in [-0.2, 0) is 0 Å². The molecule has 1 saturated heterocycles. The Morgan fingerprint density at radius 3 is 2.21 bits per heavy atom. The van der Waals surface area contributed by atoms with E-state index in [4.69, 9.17) is 11.6 Å². The van der Waals surface area contributed by atoms with Crippen LogP contribution in [-0.4, -0.2) is 30.4 Å². The third-order valence-corrected chi connectivity index (χ3v) is 4.46. The number of rotatable bonds is 3. The summed E-state index contributed by atoms with van der Waals surface area (Å²) in [7, 11) is 0. The lowest BCUT2D eigenvalue weighted by atomic mass is 9.77. The molecule has 2 heteroatoms. The maximum absolute atomic E-state index is 5.71. The van der Waals surface area contributed by atoms with Crippen molar-refractivity contribution in [2.75, 3.05) is 25.5 Å². The van der Waals surface area contributed by atoms with Gasteiger partial charge in [0.1, 0.15) is 0 Å². The molecule has 0 amide bonds. The number of halogens is 1. The minimum atomic E-state index is 0.775. The van der Waals surface area contributed by atoms with Crippen molar-refractivity contribution in [3.63, 3.8) is 0 Å². The molecule has 0 bridgehead atoms. The summed E-state index contributed by atoms with van der Waals surface area (Å²) < 4.78 is 0. The van der Waals surface area contributed by atoms with Gasteiger partial charge in [-0.2, -0.15) is 0 Å². The molecule has 0 atom stereocenters. The monoisotopic (exact) mass is 215 g/mol. The molecule has 0 N–H and O–H groups in total. The molecule has 1 spiro atoms. The highest BCUT2D eigenvalue weighted by Crippen LogP contribution is 2.45. The average Bonchev–Trinajstić information content (AvgIpc) is 2.66. The highest BCUT2D eigenvalue weighted by molar-refractivity contribution is 6.17. The Morgan fingerprint density at radius 1 is 1.00 bits per heavy atom. The van der Waals surface area contributed by atoms with Gasteiger partial charge >= 0.3 is 0 Å². The van der Waals surface area contributed by atoms with Crippen molar-refractivity contribution in [1.82, 2.24) is 4.90 Å². The second kappa shape index (κ2) is 4.85. The summed E-state index contributed by atoms with van der Waals surface area (Å²) in [5.41, 5.74) is 0.775. The van der Waals surface area contributed by atoms with E-state index < -0.39 is 0 Å². The number of hydrogen-bond donors (Lipinski definition) is 0. The lowest BCUT2D eigenvalue weighted by molar-refractivity contribution is 0.109. The molecule has 0 aromatic heterocycles. The number of nitrogens with zero attached hydrogens (tertiary/aromatic N) is 1. The fourth-order valence-corrected chi connectivity index (χ4v) is 3.28.